The number of nitrogens with one attached hydrogen (secondary N) is 3. The highest BCUT2D eigenvalue weighted by Crippen LogP contribution is 2.08. The van der Waals surface area contributed by atoms with E-state index in [0.717, 1.165) is 61.3 Å². The van der Waals surface area contributed by atoms with Gasteiger partial charge in [-0.2, -0.15) is 5.10 Å². The summed E-state index contributed by atoms with van der Waals surface area (Å²) in [5.41, 5.74) is 3.57. The molecule has 0 bridgehead atoms. The maximum Gasteiger partial charge on any atom is 0.191 e. The Balaban J connectivity index is 1.72. The molecule has 126 valence electrons. The largest absolute Gasteiger partial charge is 0.357 e. The van der Waals surface area contributed by atoms with Crippen molar-refractivity contribution in [1.29, 1.82) is 0 Å². The number of nitrogens with zero attached hydrogens (tertiary/aromatic N) is 3. The fourth-order valence-electron chi connectivity index (χ4n) is 2.26. The van der Waals surface area contributed by atoms with Crippen molar-refractivity contribution in [2.45, 2.75) is 40.0 Å². The molecule has 0 atom stereocenters. The molecule has 6 nitrogen and oxygen atoms in total. The number of hydrogen-bond donors (Lipinski definition) is 3. The van der Waals surface area contributed by atoms with Crippen molar-refractivity contribution in [2.75, 3.05) is 19.6 Å². The normalized spacial score (nSPS) is 11.7. The van der Waals surface area contributed by atoms with E-state index < -0.39 is 0 Å². The Labute approximate surface area is 141 Å². The van der Waals surface area contributed by atoms with Crippen LogP contribution < -0.4 is 10.6 Å². The molecule has 2 aromatic heterocycles. The second-order valence-electron chi connectivity index (χ2n) is 5.42. The predicted octanol–water partition coefficient (Wildman–Crippen LogP) is 2.21. The summed E-state index contributed by atoms with van der Waals surface area (Å²) < 4.78 is 0. The van der Waals surface area contributed by atoms with Gasteiger partial charge in [0.1, 0.15) is 0 Å². The number of aromatic nitrogens is 3. The topological polar surface area (TPSA) is 78.0 Å². The van der Waals surface area contributed by atoms with E-state index in [9.17, 15) is 0 Å². The molecule has 2 rings (SSSR count). The van der Waals surface area contributed by atoms with Crippen LogP contribution in [0.5, 0.6) is 0 Å². The molecular formula is C16H26N6S. The maximum atomic E-state index is 4.62. The van der Waals surface area contributed by atoms with E-state index in [-0.39, 0.29) is 0 Å². The molecular weight excluding hydrogens is 308 g/mol. The van der Waals surface area contributed by atoms with Crippen molar-refractivity contribution in [2.24, 2.45) is 4.99 Å². The van der Waals surface area contributed by atoms with Gasteiger partial charge in [0.05, 0.1) is 16.9 Å². The molecule has 2 heterocycles. The van der Waals surface area contributed by atoms with Gasteiger partial charge in [-0.3, -0.25) is 10.1 Å². The molecule has 0 aliphatic heterocycles. The Morgan fingerprint density at radius 2 is 2.17 bits per heavy atom. The van der Waals surface area contributed by atoms with Gasteiger partial charge in [-0.25, -0.2) is 4.98 Å². The number of thiazole rings is 1. The Morgan fingerprint density at radius 1 is 1.30 bits per heavy atom. The number of guanidine groups is 1. The van der Waals surface area contributed by atoms with Crippen molar-refractivity contribution in [3.8, 4) is 0 Å². The van der Waals surface area contributed by atoms with E-state index in [1.165, 1.54) is 5.56 Å². The Kier molecular flexibility index (Phi) is 7.06. The van der Waals surface area contributed by atoms with Crippen LogP contribution in [-0.4, -0.2) is 40.8 Å². The highest BCUT2D eigenvalue weighted by molar-refractivity contribution is 7.09. The first-order chi connectivity index (χ1) is 11.2. The standard InChI is InChI=1S/C16H26N6S/c1-4-17-16(19-9-7-15-11-23-13(3)21-15)18-8-5-6-14-10-20-22-12(14)2/h10-11H,4-9H2,1-3H3,(H,20,22)(H2,17,18,19). The van der Waals surface area contributed by atoms with Gasteiger partial charge in [-0.1, -0.05) is 0 Å². The first-order valence-electron chi connectivity index (χ1n) is 8.11. The zero-order valence-electron chi connectivity index (χ0n) is 14.1. The summed E-state index contributed by atoms with van der Waals surface area (Å²) in [5.74, 6) is 0.878. The van der Waals surface area contributed by atoms with E-state index in [4.69, 9.17) is 0 Å². The molecule has 0 saturated carbocycles. The number of aromatic amines is 1. The van der Waals surface area contributed by atoms with Crippen LogP contribution in [-0.2, 0) is 12.8 Å². The van der Waals surface area contributed by atoms with E-state index in [1.807, 2.05) is 13.1 Å². The Bertz CT molecular complexity index is 616. The molecule has 0 spiro atoms. The minimum atomic E-state index is 0.801. The molecule has 0 aliphatic carbocycles. The van der Waals surface area contributed by atoms with Gasteiger partial charge in [0, 0.05) is 37.1 Å². The van der Waals surface area contributed by atoms with E-state index in [0.29, 0.717) is 0 Å². The van der Waals surface area contributed by atoms with Crippen LogP contribution in [0.4, 0.5) is 0 Å². The van der Waals surface area contributed by atoms with E-state index in [2.05, 4.69) is 50.0 Å². The molecule has 23 heavy (non-hydrogen) atoms. The molecule has 0 saturated heterocycles. The minimum absolute atomic E-state index is 0.801. The number of hydrogen-bond acceptors (Lipinski definition) is 4. The average Bonchev–Trinajstić information content (AvgIpc) is 3.12. The lowest BCUT2D eigenvalue weighted by Crippen LogP contribution is -2.38. The smallest absolute Gasteiger partial charge is 0.191 e. The summed E-state index contributed by atoms with van der Waals surface area (Å²) >= 11 is 1.70. The van der Waals surface area contributed by atoms with Crippen LogP contribution in [0.3, 0.4) is 0 Å². The Morgan fingerprint density at radius 3 is 2.83 bits per heavy atom. The van der Waals surface area contributed by atoms with E-state index in [1.54, 1.807) is 11.3 Å². The van der Waals surface area contributed by atoms with Crippen LogP contribution in [0.2, 0.25) is 0 Å². The van der Waals surface area contributed by atoms with Crippen LogP contribution >= 0.6 is 11.3 Å². The summed E-state index contributed by atoms with van der Waals surface area (Å²) in [6.45, 7) is 8.68. The van der Waals surface area contributed by atoms with Gasteiger partial charge >= 0.3 is 0 Å². The number of aliphatic imine (C=N–C) groups is 1. The molecule has 0 aromatic carbocycles. The molecule has 3 N–H and O–H groups in total. The molecule has 0 fully saturated rings. The lowest BCUT2D eigenvalue weighted by molar-refractivity contribution is 0.770. The SMILES string of the molecule is CCNC(=NCCCc1cn[nH]c1C)NCCc1csc(C)n1. The second kappa shape index (κ2) is 9.29. The number of H-pyrrole nitrogens is 1. The highest BCUT2D eigenvalue weighted by Gasteiger charge is 2.02. The summed E-state index contributed by atoms with van der Waals surface area (Å²) in [6.07, 6.45) is 4.84. The third kappa shape index (κ3) is 6.02. The summed E-state index contributed by atoms with van der Waals surface area (Å²) in [4.78, 5) is 9.10. The van der Waals surface area contributed by atoms with Crippen molar-refractivity contribution >= 4 is 17.3 Å². The second-order valence-corrected chi connectivity index (χ2v) is 6.48. The lowest BCUT2D eigenvalue weighted by Gasteiger charge is -2.10. The average molecular weight is 334 g/mol. The Hall–Kier alpha value is -1.89. The molecule has 0 radical (unpaired) electrons. The number of aryl methyl sites for hydroxylation is 3. The van der Waals surface area contributed by atoms with Crippen LogP contribution in [0.1, 0.15) is 35.3 Å². The number of rotatable bonds is 8. The zero-order chi connectivity index (χ0) is 16.5. The van der Waals surface area contributed by atoms with Gasteiger partial charge in [-0.15, -0.1) is 11.3 Å². The van der Waals surface area contributed by atoms with Crippen LogP contribution in [0, 0.1) is 13.8 Å². The summed E-state index contributed by atoms with van der Waals surface area (Å²) in [5, 5.41) is 16.9. The summed E-state index contributed by atoms with van der Waals surface area (Å²) in [7, 11) is 0. The molecule has 0 unspecified atom stereocenters. The lowest BCUT2D eigenvalue weighted by atomic mass is 10.1. The monoisotopic (exact) mass is 334 g/mol. The molecule has 0 aliphatic rings. The first kappa shape index (κ1) is 17.5. The van der Waals surface area contributed by atoms with Crippen LogP contribution in [0.15, 0.2) is 16.6 Å². The van der Waals surface area contributed by atoms with Crippen LogP contribution in [0.25, 0.3) is 0 Å². The fourth-order valence-corrected chi connectivity index (χ4v) is 2.91. The van der Waals surface area contributed by atoms with Gasteiger partial charge in [0.25, 0.3) is 0 Å². The fraction of sp³-hybridized carbons (Fsp3) is 0.562. The molecule has 0 amide bonds. The van der Waals surface area contributed by atoms with Gasteiger partial charge in [0.2, 0.25) is 0 Å². The quantitative estimate of drug-likeness (QED) is 0.393. The van der Waals surface area contributed by atoms with Crippen molar-refractivity contribution < 1.29 is 0 Å². The maximum absolute atomic E-state index is 4.62. The third-order valence-electron chi connectivity index (χ3n) is 3.49. The highest BCUT2D eigenvalue weighted by atomic mass is 32.1. The van der Waals surface area contributed by atoms with Gasteiger partial charge < -0.3 is 10.6 Å². The summed E-state index contributed by atoms with van der Waals surface area (Å²) in [6, 6.07) is 0. The van der Waals surface area contributed by atoms with Gasteiger partial charge in [0.15, 0.2) is 5.96 Å². The molecule has 2 aromatic rings. The minimum Gasteiger partial charge on any atom is -0.357 e. The van der Waals surface area contributed by atoms with Crippen molar-refractivity contribution in [1.82, 2.24) is 25.8 Å². The third-order valence-corrected chi connectivity index (χ3v) is 4.32. The van der Waals surface area contributed by atoms with Gasteiger partial charge in [-0.05, 0) is 39.2 Å². The van der Waals surface area contributed by atoms with Crippen molar-refractivity contribution in [3.63, 3.8) is 0 Å². The molecule has 7 heteroatoms. The van der Waals surface area contributed by atoms with E-state index >= 15 is 0 Å². The predicted molar refractivity (Wildman–Crippen MR) is 96.2 cm³/mol. The first-order valence-corrected chi connectivity index (χ1v) is 8.99. The van der Waals surface area contributed by atoms with Crippen molar-refractivity contribution in [3.05, 3.63) is 33.5 Å². The zero-order valence-corrected chi connectivity index (χ0v) is 15.0.